The summed E-state index contributed by atoms with van der Waals surface area (Å²) in [7, 11) is 1.63. The predicted octanol–water partition coefficient (Wildman–Crippen LogP) is 5.03. The Hall–Kier alpha value is -2.73. The minimum absolute atomic E-state index is 0.591. The Labute approximate surface area is 152 Å². The normalized spacial score (nSPS) is 11.0. The van der Waals surface area contributed by atoms with Gasteiger partial charge in [-0.1, -0.05) is 30.3 Å². The Morgan fingerprint density at radius 1 is 1.04 bits per heavy atom. The van der Waals surface area contributed by atoms with Gasteiger partial charge in [-0.15, -0.1) is 0 Å². The number of halogens is 1. The lowest BCUT2D eigenvalue weighted by Gasteiger charge is -2.08. The van der Waals surface area contributed by atoms with Crippen LogP contribution in [-0.2, 0) is 0 Å². The van der Waals surface area contributed by atoms with Crippen molar-refractivity contribution < 1.29 is 9.15 Å². The molecule has 0 N–H and O–H groups in total. The SMILES string of the molecule is COc1cc2ncnc(-c3oc(C)nc3-c3ccccc3)c2cc1Br. The zero-order valence-electron chi connectivity index (χ0n) is 13.7. The van der Waals surface area contributed by atoms with E-state index in [-0.39, 0.29) is 0 Å². The molecule has 4 aromatic rings. The fraction of sp³-hybridized carbons (Fsp3) is 0.105. The molecule has 0 aliphatic heterocycles. The van der Waals surface area contributed by atoms with Crippen LogP contribution >= 0.6 is 15.9 Å². The van der Waals surface area contributed by atoms with Crippen molar-refractivity contribution >= 4 is 26.8 Å². The van der Waals surface area contributed by atoms with Crippen LogP contribution in [0, 0.1) is 6.92 Å². The minimum Gasteiger partial charge on any atom is -0.495 e. The number of hydrogen-bond donors (Lipinski definition) is 0. The van der Waals surface area contributed by atoms with E-state index >= 15 is 0 Å². The molecule has 2 heterocycles. The molecule has 0 amide bonds. The fourth-order valence-electron chi connectivity index (χ4n) is 2.77. The molecule has 0 aliphatic rings. The largest absolute Gasteiger partial charge is 0.495 e. The highest BCUT2D eigenvalue weighted by molar-refractivity contribution is 9.10. The van der Waals surface area contributed by atoms with Crippen molar-refractivity contribution in [1.82, 2.24) is 15.0 Å². The number of fused-ring (bicyclic) bond motifs is 1. The van der Waals surface area contributed by atoms with Gasteiger partial charge in [-0.2, -0.15) is 0 Å². The highest BCUT2D eigenvalue weighted by Crippen LogP contribution is 2.37. The lowest BCUT2D eigenvalue weighted by molar-refractivity contribution is 0.412. The summed E-state index contributed by atoms with van der Waals surface area (Å²) in [6.07, 6.45) is 1.53. The standard InChI is InChI=1S/C19H14BrN3O2/c1-11-23-17(12-6-4-3-5-7-12)19(25-11)18-13-8-14(20)16(24-2)9-15(13)21-10-22-18/h3-10H,1-2H3. The van der Waals surface area contributed by atoms with Gasteiger partial charge in [-0.3, -0.25) is 0 Å². The first-order chi connectivity index (χ1) is 12.2. The fourth-order valence-corrected chi connectivity index (χ4v) is 3.28. The summed E-state index contributed by atoms with van der Waals surface area (Å²) in [6.45, 7) is 1.83. The molecule has 0 atom stereocenters. The van der Waals surface area contributed by atoms with Crippen molar-refractivity contribution in [3.63, 3.8) is 0 Å². The van der Waals surface area contributed by atoms with E-state index in [1.54, 1.807) is 7.11 Å². The number of benzene rings is 2. The molecule has 0 fully saturated rings. The highest BCUT2D eigenvalue weighted by Gasteiger charge is 2.19. The molecule has 2 aromatic heterocycles. The van der Waals surface area contributed by atoms with Gasteiger partial charge in [-0.05, 0) is 22.0 Å². The predicted molar refractivity (Wildman–Crippen MR) is 99.5 cm³/mol. The molecule has 0 radical (unpaired) electrons. The summed E-state index contributed by atoms with van der Waals surface area (Å²) >= 11 is 3.53. The number of aryl methyl sites for hydroxylation is 1. The maximum atomic E-state index is 5.91. The van der Waals surface area contributed by atoms with E-state index in [1.165, 1.54) is 6.33 Å². The van der Waals surface area contributed by atoms with Gasteiger partial charge in [-0.25, -0.2) is 15.0 Å². The maximum Gasteiger partial charge on any atom is 0.192 e. The van der Waals surface area contributed by atoms with E-state index in [0.717, 1.165) is 26.6 Å². The van der Waals surface area contributed by atoms with Crippen LogP contribution in [0.5, 0.6) is 5.75 Å². The first-order valence-corrected chi connectivity index (χ1v) is 8.48. The summed E-state index contributed by atoms with van der Waals surface area (Å²) in [5.41, 5.74) is 3.23. The number of aromatic nitrogens is 3. The highest BCUT2D eigenvalue weighted by atomic mass is 79.9. The van der Waals surface area contributed by atoms with Crippen LogP contribution in [0.3, 0.4) is 0 Å². The van der Waals surface area contributed by atoms with E-state index in [1.807, 2.05) is 49.4 Å². The second kappa shape index (κ2) is 6.29. The number of ether oxygens (including phenoxy) is 1. The Balaban J connectivity index is 1.99. The summed E-state index contributed by atoms with van der Waals surface area (Å²) in [5.74, 6) is 1.94. The first kappa shape index (κ1) is 15.8. The summed E-state index contributed by atoms with van der Waals surface area (Å²) in [5, 5.41) is 0.864. The van der Waals surface area contributed by atoms with Gasteiger partial charge in [0.25, 0.3) is 0 Å². The van der Waals surface area contributed by atoms with Gasteiger partial charge in [0.05, 0.1) is 17.1 Å². The Morgan fingerprint density at radius 2 is 1.84 bits per heavy atom. The monoisotopic (exact) mass is 395 g/mol. The van der Waals surface area contributed by atoms with Gasteiger partial charge in [0.2, 0.25) is 0 Å². The zero-order valence-corrected chi connectivity index (χ0v) is 15.2. The molecule has 4 rings (SSSR count). The average molecular weight is 396 g/mol. The van der Waals surface area contributed by atoms with Crippen LogP contribution in [0.1, 0.15) is 5.89 Å². The van der Waals surface area contributed by atoms with E-state index < -0.39 is 0 Å². The van der Waals surface area contributed by atoms with Crippen molar-refractivity contribution in [2.45, 2.75) is 6.92 Å². The van der Waals surface area contributed by atoms with Crippen LogP contribution < -0.4 is 4.74 Å². The summed E-state index contributed by atoms with van der Waals surface area (Å²) in [4.78, 5) is 13.4. The second-order valence-electron chi connectivity index (χ2n) is 5.50. The Kier molecular flexibility index (Phi) is 3.97. The van der Waals surface area contributed by atoms with E-state index in [4.69, 9.17) is 9.15 Å². The average Bonchev–Trinajstić information content (AvgIpc) is 3.03. The quantitative estimate of drug-likeness (QED) is 0.486. The third-order valence-electron chi connectivity index (χ3n) is 3.91. The van der Waals surface area contributed by atoms with Gasteiger partial charge in [0, 0.05) is 23.9 Å². The molecule has 0 aliphatic carbocycles. The third-order valence-corrected chi connectivity index (χ3v) is 4.53. The van der Waals surface area contributed by atoms with Crippen molar-refractivity contribution in [2.75, 3.05) is 7.11 Å². The molecule has 0 saturated carbocycles. The van der Waals surface area contributed by atoms with Crippen LogP contribution in [0.15, 0.2) is 57.7 Å². The minimum atomic E-state index is 0.591. The lowest BCUT2D eigenvalue weighted by Crippen LogP contribution is -1.92. The van der Waals surface area contributed by atoms with Gasteiger partial charge >= 0.3 is 0 Å². The van der Waals surface area contributed by atoms with Crippen LogP contribution in [-0.4, -0.2) is 22.1 Å². The molecular formula is C19H14BrN3O2. The lowest BCUT2D eigenvalue weighted by atomic mass is 10.1. The van der Waals surface area contributed by atoms with Crippen LogP contribution in [0.2, 0.25) is 0 Å². The van der Waals surface area contributed by atoms with E-state index in [2.05, 4.69) is 30.9 Å². The first-order valence-electron chi connectivity index (χ1n) is 7.69. The molecule has 25 heavy (non-hydrogen) atoms. The molecule has 0 bridgehead atoms. The number of hydrogen-bond acceptors (Lipinski definition) is 5. The van der Waals surface area contributed by atoms with Crippen molar-refractivity contribution in [2.24, 2.45) is 0 Å². The summed E-state index contributed by atoms with van der Waals surface area (Å²) < 4.78 is 12.1. The maximum absolute atomic E-state index is 5.91. The summed E-state index contributed by atoms with van der Waals surface area (Å²) in [6, 6.07) is 13.7. The molecule has 0 unspecified atom stereocenters. The van der Waals surface area contributed by atoms with Crippen LogP contribution in [0.25, 0.3) is 33.6 Å². The van der Waals surface area contributed by atoms with E-state index in [9.17, 15) is 0 Å². The molecule has 5 nitrogen and oxygen atoms in total. The smallest absolute Gasteiger partial charge is 0.192 e. The Morgan fingerprint density at radius 3 is 2.60 bits per heavy atom. The van der Waals surface area contributed by atoms with Crippen molar-refractivity contribution in [3.8, 4) is 28.5 Å². The van der Waals surface area contributed by atoms with Gasteiger partial charge < -0.3 is 9.15 Å². The van der Waals surface area contributed by atoms with Crippen LogP contribution in [0.4, 0.5) is 0 Å². The number of rotatable bonds is 3. The third kappa shape index (κ3) is 2.78. The number of methoxy groups -OCH3 is 1. The van der Waals surface area contributed by atoms with Gasteiger partial charge in [0.1, 0.15) is 23.5 Å². The number of nitrogens with zero attached hydrogens (tertiary/aromatic N) is 3. The Bertz CT molecular complexity index is 1060. The molecule has 124 valence electrons. The number of oxazole rings is 1. The molecule has 6 heteroatoms. The van der Waals surface area contributed by atoms with E-state index in [0.29, 0.717) is 23.1 Å². The van der Waals surface area contributed by atoms with Gasteiger partial charge in [0.15, 0.2) is 11.7 Å². The molecule has 2 aromatic carbocycles. The van der Waals surface area contributed by atoms with Crippen molar-refractivity contribution in [1.29, 1.82) is 0 Å². The molecular weight excluding hydrogens is 382 g/mol. The van der Waals surface area contributed by atoms with Crippen molar-refractivity contribution in [3.05, 3.63) is 59.2 Å². The zero-order chi connectivity index (χ0) is 17.4. The molecule has 0 saturated heterocycles. The molecule has 0 spiro atoms. The topological polar surface area (TPSA) is 61.0 Å². The second-order valence-corrected chi connectivity index (χ2v) is 6.36.